The van der Waals surface area contributed by atoms with E-state index in [2.05, 4.69) is 21.7 Å². The highest BCUT2D eigenvalue weighted by atomic mass is 32.2. The van der Waals surface area contributed by atoms with Gasteiger partial charge in [0, 0.05) is 11.4 Å². The van der Waals surface area contributed by atoms with Crippen molar-refractivity contribution >= 4 is 44.5 Å². The van der Waals surface area contributed by atoms with Gasteiger partial charge >= 0.3 is 6.03 Å². The largest absolute Gasteiger partial charge is 0.334 e. The number of amides is 2. The molecule has 0 unspecified atom stereocenters. The van der Waals surface area contributed by atoms with Crippen molar-refractivity contribution in [2.45, 2.75) is 11.4 Å². The van der Waals surface area contributed by atoms with E-state index in [0.29, 0.717) is 11.7 Å². The fourth-order valence-electron chi connectivity index (χ4n) is 2.01. The maximum absolute atomic E-state index is 12.8. The van der Waals surface area contributed by atoms with Crippen molar-refractivity contribution in [1.29, 1.82) is 0 Å². The summed E-state index contributed by atoms with van der Waals surface area (Å²) in [6.07, 6.45) is 2.02. The molecule has 0 atom stereocenters. The topological polar surface area (TPSA) is 54.0 Å². The third-order valence-electron chi connectivity index (χ3n) is 3.18. The molecule has 0 spiro atoms. The predicted molar refractivity (Wildman–Crippen MR) is 93.7 cm³/mol. The van der Waals surface area contributed by atoms with Crippen LogP contribution in [0.5, 0.6) is 0 Å². The molecule has 4 nitrogen and oxygen atoms in total. The van der Waals surface area contributed by atoms with Gasteiger partial charge in [-0.1, -0.05) is 23.5 Å². The number of anilines is 1. The van der Waals surface area contributed by atoms with Gasteiger partial charge < -0.3 is 5.32 Å². The molecule has 0 saturated carbocycles. The number of aromatic nitrogens is 1. The summed E-state index contributed by atoms with van der Waals surface area (Å²) in [5.41, 5.74) is 1.69. The van der Waals surface area contributed by atoms with Crippen LogP contribution in [0, 0.1) is 5.82 Å². The van der Waals surface area contributed by atoms with Crippen molar-refractivity contribution < 1.29 is 9.18 Å². The van der Waals surface area contributed by atoms with E-state index in [1.54, 1.807) is 23.9 Å². The van der Waals surface area contributed by atoms with Crippen molar-refractivity contribution in [3.05, 3.63) is 53.8 Å². The van der Waals surface area contributed by atoms with E-state index in [0.717, 1.165) is 20.7 Å². The zero-order valence-electron chi connectivity index (χ0n) is 12.3. The van der Waals surface area contributed by atoms with E-state index in [-0.39, 0.29) is 11.8 Å². The second kappa shape index (κ2) is 6.97. The van der Waals surface area contributed by atoms with Gasteiger partial charge in [-0.3, -0.25) is 5.32 Å². The zero-order chi connectivity index (χ0) is 16.2. The van der Waals surface area contributed by atoms with Crippen LogP contribution in [-0.2, 0) is 6.54 Å². The van der Waals surface area contributed by atoms with E-state index in [4.69, 9.17) is 0 Å². The van der Waals surface area contributed by atoms with Gasteiger partial charge in [0.15, 0.2) is 5.13 Å². The van der Waals surface area contributed by atoms with E-state index in [1.807, 2.05) is 18.4 Å². The molecule has 0 aliphatic heterocycles. The number of thioether (sulfide) groups is 1. The van der Waals surface area contributed by atoms with Crippen LogP contribution < -0.4 is 10.6 Å². The van der Waals surface area contributed by atoms with Crippen molar-refractivity contribution in [3.8, 4) is 0 Å². The Labute approximate surface area is 141 Å². The van der Waals surface area contributed by atoms with Crippen LogP contribution in [-0.4, -0.2) is 17.3 Å². The van der Waals surface area contributed by atoms with Crippen molar-refractivity contribution in [2.75, 3.05) is 11.6 Å². The number of nitrogens with zero attached hydrogens (tertiary/aromatic N) is 1. The maximum Gasteiger partial charge on any atom is 0.321 e. The minimum absolute atomic E-state index is 0.294. The van der Waals surface area contributed by atoms with Gasteiger partial charge in [0.1, 0.15) is 5.82 Å². The fourth-order valence-corrected chi connectivity index (χ4v) is 3.43. The average Bonchev–Trinajstić information content (AvgIpc) is 2.95. The average molecular weight is 347 g/mol. The van der Waals surface area contributed by atoms with Crippen LogP contribution in [0.15, 0.2) is 47.4 Å². The predicted octanol–water partition coefficient (Wildman–Crippen LogP) is 4.48. The maximum atomic E-state index is 12.8. The highest BCUT2D eigenvalue weighted by molar-refractivity contribution is 7.98. The summed E-state index contributed by atoms with van der Waals surface area (Å²) < 4.78 is 13.9. The van der Waals surface area contributed by atoms with Gasteiger partial charge in [0.2, 0.25) is 0 Å². The molecule has 3 aromatic rings. The Hall–Kier alpha value is -2.12. The monoisotopic (exact) mass is 347 g/mol. The summed E-state index contributed by atoms with van der Waals surface area (Å²) in [5, 5.41) is 6.00. The van der Waals surface area contributed by atoms with Crippen LogP contribution in [0.25, 0.3) is 10.2 Å². The molecule has 1 aromatic heterocycles. The summed E-state index contributed by atoms with van der Waals surface area (Å²) >= 11 is 3.10. The van der Waals surface area contributed by atoms with Gasteiger partial charge in [-0.15, -0.1) is 11.8 Å². The number of benzene rings is 2. The van der Waals surface area contributed by atoms with Gasteiger partial charge in [-0.05, 0) is 42.2 Å². The molecule has 0 radical (unpaired) electrons. The number of nitrogens with one attached hydrogen (secondary N) is 2. The molecular weight excluding hydrogens is 333 g/mol. The number of rotatable bonds is 4. The van der Waals surface area contributed by atoms with Crippen molar-refractivity contribution in [2.24, 2.45) is 0 Å². The number of fused-ring (bicyclic) bond motifs is 1. The van der Waals surface area contributed by atoms with Crippen molar-refractivity contribution in [1.82, 2.24) is 10.3 Å². The minimum atomic E-state index is -0.335. The van der Waals surface area contributed by atoms with Gasteiger partial charge in [-0.2, -0.15) is 0 Å². The summed E-state index contributed by atoms with van der Waals surface area (Å²) in [7, 11) is 0. The smallest absolute Gasteiger partial charge is 0.321 e. The van der Waals surface area contributed by atoms with E-state index < -0.39 is 0 Å². The molecule has 2 aromatic carbocycles. The van der Waals surface area contributed by atoms with Crippen molar-refractivity contribution in [3.63, 3.8) is 0 Å². The normalized spacial score (nSPS) is 10.7. The molecule has 1 heterocycles. The second-order valence-electron chi connectivity index (χ2n) is 4.79. The summed E-state index contributed by atoms with van der Waals surface area (Å²) in [6, 6.07) is 11.7. The molecule has 23 heavy (non-hydrogen) atoms. The van der Waals surface area contributed by atoms with Gasteiger partial charge in [0.25, 0.3) is 0 Å². The van der Waals surface area contributed by atoms with Crippen LogP contribution >= 0.6 is 23.1 Å². The first-order valence-electron chi connectivity index (χ1n) is 6.88. The standard InChI is InChI=1S/C16H14FN3OS2/c1-22-12-6-7-13-14(8-12)23-16(19-13)20-15(21)18-9-10-2-4-11(17)5-3-10/h2-8H,9H2,1H3,(H2,18,19,20,21). The number of halogens is 1. The first-order valence-corrected chi connectivity index (χ1v) is 8.92. The highest BCUT2D eigenvalue weighted by Gasteiger charge is 2.08. The SMILES string of the molecule is CSc1ccc2nc(NC(=O)NCc3ccc(F)cc3)sc2c1. The number of carbonyl (C=O) groups is 1. The fraction of sp³-hybridized carbons (Fsp3) is 0.125. The Kier molecular flexibility index (Phi) is 4.78. The quantitative estimate of drug-likeness (QED) is 0.684. The molecule has 118 valence electrons. The van der Waals surface area contributed by atoms with Crippen LogP contribution in [0.2, 0.25) is 0 Å². The van der Waals surface area contributed by atoms with Gasteiger partial charge in [0.05, 0.1) is 10.2 Å². The summed E-state index contributed by atoms with van der Waals surface area (Å²) in [5.74, 6) is -0.294. The number of thiazole rings is 1. The van der Waals surface area contributed by atoms with Crippen LogP contribution in [0.4, 0.5) is 14.3 Å². The molecule has 0 bridgehead atoms. The lowest BCUT2D eigenvalue weighted by atomic mass is 10.2. The lowest BCUT2D eigenvalue weighted by molar-refractivity contribution is 0.251. The second-order valence-corrected chi connectivity index (χ2v) is 6.70. The molecule has 2 N–H and O–H groups in total. The Morgan fingerprint density at radius 3 is 2.78 bits per heavy atom. The number of hydrogen-bond acceptors (Lipinski definition) is 4. The molecular formula is C16H14FN3OS2. The van der Waals surface area contributed by atoms with E-state index in [9.17, 15) is 9.18 Å². The molecule has 7 heteroatoms. The summed E-state index contributed by atoms with van der Waals surface area (Å²) in [6.45, 7) is 0.327. The Bertz CT molecular complexity index is 833. The van der Waals surface area contributed by atoms with E-state index >= 15 is 0 Å². The van der Waals surface area contributed by atoms with E-state index in [1.165, 1.54) is 23.5 Å². The number of hydrogen-bond donors (Lipinski definition) is 2. The Balaban J connectivity index is 1.62. The summed E-state index contributed by atoms with van der Waals surface area (Å²) in [4.78, 5) is 17.5. The molecule has 0 saturated heterocycles. The zero-order valence-corrected chi connectivity index (χ0v) is 13.9. The van der Waals surface area contributed by atoms with Crippen LogP contribution in [0.3, 0.4) is 0 Å². The van der Waals surface area contributed by atoms with Gasteiger partial charge in [-0.25, -0.2) is 14.2 Å². The lowest BCUT2D eigenvalue weighted by Gasteiger charge is -2.05. The van der Waals surface area contributed by atoms with Crippen LogP contribution in [0.1, 0.15) is 5.56 Å². The molecule has 0 fully saturated rings. The first-order chi connectivity index (χ1) is 11.1. The minimum Gasteiger partial charge on any atom is -0.334 e. The molecule has 0 aliphatic carbocycles. The molecule has 2 amide bonds. The third kappa shape index (κ3) is 4.00. The Morgan fingerprint density at radius 1 is 1.26 bits per heavy atom. The number of urea groups is 1. The lowest BCUT2D eigenvalue weighted by Crippen LogP contribution is -2.28. The molecule has 3 rings (SSSR count). The first kappa shape index (κ1) is 15.8. The third-order valence-corrected chi connectivity index (χ3v) is 4.84. The highest BCUT2D eigenvalue weighted by Crippen LogP contribution is 2.29. The molecule has 0 aliphatic rings. The Morgan fingerprint density at radius 2 is 2.04 bits per heavy atom. The number of carbonyl (C=O) groups excluding carboxylic acids is 1.